The summed E-state index contributed by atoms with van der Waals surface area (Å²) in [5.41, 5.74) is -1.94. The Labute approximate surface area is 81.9 Å². The molecule has 82 valence electrons. The van der Waals surface area contributed by atoms with Crippen LogP contribution in [0.15, 0.2) is 0 Å². The summed E-state index contributed by atoms with van der Waals surface area (Å²) in [5.74, 6) is -1.83. The SMILES string of the molecule is CCOCC(=O)NCC(C)(O)C(=O)O. The maximum atomic E-state index is 10.9. The van der Waals surface area contributed by atoms with Crippen molar-refractivity contribution in [3.63, 3.8) is 0 Å². The molecular weight excluding hydrogens is 190 g/mol. The Kier molecular flexibility index (Phi) is 5.11. The number of ether oxygens (including phenoxy) is 1. The summed E-state index contributed by atoms with van der Waals surface area (Å²) in [4.78, 5) is 21.3. The number of nitrogens with one attached hydrogen (secondary N) is 1. The van der Waals surface area contributed by atoms with Crippen LogP contribution in [0.25, 0.3) is 0 Å². The van der Waals surface area contributed by atoms with E-state index in [0.717, 1.165) is 6.92 Å². The third-order valence-corrected chi connectivity index (χ3v) is 1.53. The first-order valence-corrected chi connectivity index (χ1v) is 4.20. The molecule has 0 aromatic rings. The number of carboxylic acid groups (broad SMARTS) is 1. The van der Waals surface area contributed by atoms with Crippen molar-refractivity contribution in [2.45, 2.75) is 19.4 Å². The first kappa shape index (κ1) is 12.9. The number of hydrogen-bond donors (Lipinski definition) is 3. The van der Waals surface area contributed by atoms with Gasteiger partial charge in [-0.3, -0.25) is 4.79 Å². The zero-order valence-corrected chi connectivity index (χ0v) is 8.24. The molecule has 3 N–H and O–H groups in total. The highest BCUT2D eigenvalue weighted by Crippen LogP contribution is 2.00. The molecule has 0 radical (unpaired) electrons. The molecule has 0 spiro atoms. The highest BCUT2D eigenvalue weighted by atomic mass is 16.5. The monoisotopic (exact) mass is 205 g/mol. The lowest BCUT2D eigenvalue weighted by molar-refractivity contribution is -0.156. The Morgan fingerprint density at radius 2 is 2.07 bits per heavy atom. The van der Waals surface area contributed by atoms with Gasteiger partial charge < -0.3 is 20.3 Å². The number of hydrogen-bond acceptors (Lipinski definition) is 4. The number of aliphatic carboxylic acids is 1. The fraction of sp³-hybridized carbons (Fsp3) is 0.750. The minimum Gasteiger partial charge on any atom is -0.479 e. The first-order chi connectivity index (χ1) is 6.40. The van der Waals surface area contributed by atoms with Gasteiger partial charge in [0.25, 0.3) is 0 Å². The van der Waals surface area contributed by atoms with Gasteiger partial charge in [-0.15, -0.1) is 0 Å². The van der Waals surface area contributed by atoms with Crippen LogP contribution in [0.1, 0.15) is 13.8 Å². The molecule has 6 nitrogen and oxygen atoms in total. The van der Waals surface area contributed by atoms with E-state index in [9.17, 15) is 14.7 Å². The fourth-order valence-corrected chi connectivity index (χ4v) is 0.592. The molecule has 0 saturated heterocycles. The van der Waals surface area contributed by atoms with E-state index in [0.29, 0.717) is 6.61 Å². The summed E-state index contributed by atoms with van der Waals surface area (Å²) >= 11 is 0. The number of aliphatic hydroxyl groups is 1. The molecule has 1 unspecified atom stereocenters. The molecule has 0 aliphatic rings. The van der Waals surface area contributed by atoms with Crippen LogP contribution in [0.3, 0.4) is 0 Å². The van der Waals surface area contributed by atoms with Gasteiger partial charge in [-0.1, -0.05) is 0 Å². The zero-order chi connectivity index (χ0) is 11.2. The molecule has 0 aliphatic heterocycles. The van der Waals surface area contributed by atoms with Crippen LogP contribution in [0, 0.1) is 0 Å². The van der Waals surface area contributed by atoms with E-state index < -0.39 is 17.5 Å². The van der Waals surface area contributed by atoms with Gasteiger partial charge in [0.1, 0.15) is 6.61 Å². The lowest BCUT2D eigenvalue weighted by atomic mass is 10.1. The van der Waals surface area contributed by atoms with Crippen molar-refractivity contribution in [3.8, 4) is 0 Å². The Morgan fingerprint density at radius 1 is 1.50 bits per heavy atom. The van der Waals surface area contributed by atoms with Crippen molar-refractivity contribution in [1.82, 2.24) is 5.32 Å². The summed E-state index contributed by atoms with van der Waals surface area (Å²) in [6, 6.07) is 0. The summed E-state index contributed by atoms with van der Waals surface area (Å²) in [7, 11) is 0. The zero-order valence-electron chi connectivity index (χ0n) is 8.24. The minimum absolute atomic E-state index is 0.133. The third kappa shape index (κ3) is 4.78. The molecule has 6 heteroatoms. The number of carbonyl (C=O) groups is 2. The van der Waals surface area contributed by atoms with Crippen LogP contribution in [-0.2, 0) is 14.3 Å². The van der Waals surface area contributed by atoms with Crippen LogP contribution in [-0.4, -0.2) is 47.4 Å². The average Bonchev–Trinajstić information content (AvgIpc) is 2.11. The van der Waals surface area contributed by atoms with Gasteiger partial charge in [-0.05, 0) is 13.8 Å². The van der Waals surface area contributed by atoms with Gasteiger partial charge in [0.15, 0.2) is 5.60 Å². The minimum atomic E-state index is -1.94. The van der Waals surface area contributed by atoms with E-state index >= 15 is 0 Å². The van der Waals surface area contributed by atoms with Gasteiger partial charge in [-0.25, -0.2) is 4.79 Å². The quantitative estimate of drug-likeness (QED) is 0.515. The van der Waals surface area contributed by atoms with E-state index in [-0.39, 0.29) is 13.2 Å². The number of carbonyl (C=O) groups excluding carboxylic acids is 1. The van der Waals surface area contributed by atoms with E-state index in [1.807, 2.05) is 0 Å². The molecule has 1 amide bonds. The average molecular weight is 205 g/mol. The van der Waals surface area contributed by atoms with Gasteiger partial charge in [-0.2, -0.15) is 0 Å². The third-order valence-electron chi connectivity index (χ3n) is 1.53. The van der Waals surface area contributed by atoms with Crippen LogP contribution in [0.4, 0.5) is 0 Å². The van der Waals surface area contributed by atoms with Gasteiger partial charge in [0.2, 0.25) is 5.91 Å². The Hall–Kier alpha value is -1.14. The maximum absolute atomic E-state index is 10.9. The van der Waals surface area contributed by atoms with Crippen LogP contribution < -0.4 is 5.32 Å². The maximum Gasteiger partial charge on any atom is 0.337 e. The van der Waals surface area contributed by atoms with Gasteiger partial charge in [0.05, 0.1) is 6.54 Å². The Bertz CT molecular complexity index is 214. The van der Waals surface area contributed by atoms with Crippen molar-refractivity contribution >= 4 is 11.9 Å². The number of rotatable bonds is 6. The molecule has 14 heavy (non-hydrogen) atoms. The lowest BCUT2D eigenvalue weighted by Crippen LogP contribution is -2.47. The molecule has 0 saturated carbocycles. The van der Waals surface area contributed by atoms with Crippen LogP contribution >= 0.6 is 0 Å². The Morgan fingerprint density at radius 3 is 2.50 bits per heavy atom. The van der Waals surface area contributed by atoms with Crippen molar-refractivity contribution in [1.29, 1.82) is 0 Å². The largest absolute Gasteiger partial charge is 0.479 e. The summed E-state index contributed by atoms with van der Waals surface area (Å²) in [6.07, 6.45) is 0. The van der Waals surface area contributed by atoms with E-state index in [1.54, 1.807) is 6.92 Å². The van der Waals surface area contributed by atoms with Crippen molar-refractivity contribution in [2.24, 2.45) is 0 Å². The van der Waals surface area contributed by atoms with Crippen molar-refractivity contribution < 1.29 is 24.5 Å². The molecule has 0 aliphatic carbocycles. The molecular formula is C8H15NO5. The van der Waals surface area contributed by atoms with Gasteiger partial charge >= 0.3 is 5.97 Å². The summed E-state index contributed by atoms with van der Waals surface area (Å²) in [5, 5.41) is 20.0. The molecule has 0 rings (SSSR count). The number of amides is 1. The second-order valence-corrected chi connectivity index (χ2v) is 2.99. The summed E-state index contributed by atoms with van der Waals surface area (Å²) < 4.78 is 4.78. The molecule has 0 fully saturated rings. The highest BCUT2D eigenvalue weighted by molar-refractivity contribution is 5.80. The van der Waals surface area contributed by atoms with E-state index in [4.69, 9.17) is 9.84 Å². The van der Waals surface area contributed by atoms with Crippen LogP contribution in [0.2, 0.25) is 0 Å². The molecule has 0 aromatic carbocycles. The first-order valence-electron chi connectivity index (χ1n) is 4.20. The van der Waals surface area contributed by atoms with Crippen LogP contribution in [0.5, 0.6) is 0 Å². The van der Waals surface area contributed by atoms with E-state index in [1.165, 1.54) is 0 Å². The molecule has 0 heterocycles. The standard InChI is InChI=1S/C8H15NO5/c1-3-14-4-6(10)9-5-8(2,13)7(11)12/h13H,3-5H2,1-2H3,(H,9,10)(H,11,12). The molecule has 1 atom stereocenters. The summed E-state index contributed by atoms with van der Waals surface area (Å²) in [6.45, 7) is 2.78. The fourth-order valence-electron chi connectivity index (χ4n) is 0.592. The molecule has 0 bridgehead atoms. The topological polar surface area (TPSA) is 95.9 Å². The lowest BCUT2D eigenvalue weighted by Gasteiger charge is -2.18. The van der Waals surface area contributed by atoms with E-state index in [2.05, 4.69) is 5.32 Å². The van der Waals surface area contributed by atoms with Crippen molar-refractivity contribution in [3.05, 3.63) is 0 Å². The normalized spacial score (nSPS) is 14.5. The highest BCUT2D eigenvalue weighted by Gasteiger charge is 2.30. The second-order valence-electron chi connectivity index (χ2n) is 2.99. The molecule has 0 aromatic heterocycles. The smallest absolute Gasteiger partial charge is 0.337 e. The second kappa shape index (κ2) is 5.56. The predicted molar refractivity (Wildman–Crippen MR) is 47.8 cm³/mol. The Balaban J connectivity index is 3.82. The van der Waals surface area contributed by atoms with Crippen molar-refractivity contribution in [2.75, 3.05) is 19.8 Å². The van der Waals surface area contributed by atoms with Gasteiger partial charge in [0, 0.05) is 6.61 Å². The number of carboxylic acids is 1. The predicted octanol–water partition coefficient (Wildman–Crippen LogP) is -1.03.